The van der Waals surface area contributed by atoms with Gasteiger partial charge >= 0.3 is 17.9 Å². The van der Waals surface area contributed by atoms with Crippen molar-refractivity contribution in [2.24, 2.45) is 0 Å². The van der Waals surface area contributed by atoms with Gasteiger partial charge in [-0.2, -0.15) is 13.2 Å². The molecule has 27 heavy (non-hydrogen) atoms. The Labute approximate surface area is 153 Å². The number of thioether (sulfide) groups is 1. The second kappa shape index (κ2) is 8.42. The van der Waals surface area contributed by atoms with E-state index in [1.807, 2.05) is 0 Å². The molecule has 0 heterocycles. The third kappa shape index (κ3) is 7.69. The average Bonchev–Trinajstić information content (AvgIpc) is 2.53. The molecule has 2 N–H and O–H groups in total. The van der Waals surface area contributed by atoms with Crippen LogP contribution in [0.1, 0.15) is 5.56 Å². The molecule has 0 atom stereocenters. The molecule has 0 radical (unpaired) electrons. The number of rotatable bonds is 5. The molecule has 0 aliphatic heterocycles. The Bertz CT molecular complexity index is 778. The van der Waals surface area contributed by atoms with Gasteiger partial charge in [-0.15, -0.1) is 13.2 Å². The predicted octanol–water partition coefficient (Wildman–Crippen LogP) is 5.52. The first kappa shape index (κ1) is 20.7. The summed E-state index contributed by atoms with van der Waals surface area (Å²) in [5, 5.41) is 4.71. The van der Waals surface area contributed by atoms with Crippen molar-refractivity contribution in [2.75, 3.05) is 5.32 Å². The molecule has 4 nitrogen and oxygen atoms in total. The summed E-state index contributed by atoms with van der Waals surface area (Å²) in [5.74, 6) is -0.446. The molecule has 0 saturated carbocycles. The number of anilines is 1. The lowest BCUT2D eigenvalue weighted by Gasteiger charge is -2.14. The van der Waals surface area contributed by atoms with E-state index in [4.69, 9.17) is 0 Å². The molecule has 2 amide bonds. The molecule has 0 aliphatic rings. The van der Waals surface area contributed by atoms with Crippen LogP contribution >= 0.6 is 11.8 Å². The number of amides is 2. The highest BCUT2D eigenvalue weighted by atomic mass is 32.2. The molecule has 11 heteroatoms. The maximum atomic E-state index is 12.3. The fourth-order valence-electron chi connectivity index (χ4n) is 1.96. The molecule has 0 aliphatic carbocycles. The van der Waals surface area contributed by atoms with E-state index in [9.17, 15) is 31.1 Å². The molecule has 2 aromatic rings. The van der Waals surface area contributed by atoms with Crippen molar-refractivity contribution in [1.82, 2.24) is 5.32 Å². The van der Waals surface area contributed by atoms with Crippen LogP contribution in [-0.2, 0) is 6.54 Å². The maximum absolute atomic E-state index is 12.3. The Balaban J connectivity index is 1.92. The van der Waals surface area contributed by atoms with Gasteiger partial charge in [-0.1, -0.05) is 18.2 Å². The average molecular weight is 410 g/mol. The molecule has 0 bridgehead atoms. The Morgan fingerprint density at radius 2 is 1.59 bits per heavy atom. The van der Waals surface area contributed by atoms with E-state index in [0.717, 1.165) is 6.07 Å². The third-order valence-electron chi connectivity index (χ3n) is 2.98. The normalized spacial score (nSPS) is 11.8. The van der Waals surface area contributed by atoms with Gasteiger partial charge in [-0.05, 0) is 42.1 Å². The molecule has 146 valence electrons. The van der Waals surface area contributed by atoms with E-state index in [0.29, 0.717) is 0 Å². The molecule has 0 unspecified atom stereocenters. The van der Waals surface area contributed by atoms with Gasteiger partial charge < -0.3 is 15.4 Å². The van der Waals surface area contributed by atoms with Crippen molar-refractivity contribution in [3.8, 4) is 5.75 Å². The lowest BCUT2D eigenvalue weighted by molar-refractivity contribution is -0.274. The van der Waals surface area contributed by atoms with Crippen LogP contribution < -0.4 is 15.4 Å². The van der Waals surface area contributed by atoms with E-state index in [1.165, 1.54) is 42.5 Å². The first-order valence-corrected chi connectivity index (χ1v) is 8.08. The molecular formula is C16H12F6N2O2S. The van der Waals surface area contributed by atoms with Crippen LogP contribution in [0.3, 0.4) is 0 Å². The summed E-state index contributed by atoms with van der Waals surface area (Å²) in [7, 11) is 0. The first-order chi connectivity index (χ1) is 12.5. The summed E-state index contributed by atoms with van der Waals surface area (Å²) in [4.78, 5) is 11.8. The zero-order valence-electron chi connectivity index (χ0n) is 13.3. The van der Waals surface area contributed by atoms with Crippen LogP contribution in [-0.4, -0.2) is 17.9 Å². The second-order valence-electron chi connectivity index (χ2n) is 5.04. The molecular weight excluding hydrogens is 398 g/mol. The topological polar surface area (TPSA) is 50.4 Å². The highest BCUT2D eigenvalue weighted by Crippen LogP contribution is 2.37. The fourth-order valence-corrected chi connectivity index (χ4v) is 2.50. The number of benzene rings is 2. The number of hydrogen-bond donors (Lipinski definition) is 2. The highest BCUT2D eigenvalue weighted by Gasteiger charge is 2.32. The number of nitrogens with one attached hydrogen (secondary N) is 2. The van der Waals surface area contributed by atoms with Gasteiger partial charge in [0, 0.05) is 22.7 Å². The highest BCUT2D eigenvalue weighted by molar-refractivity contribution is 8.00. The van der Waals surface area contributed by atoms with Crippen molar-refractivity contribution < 1.29 is 35.9 Å². The molecule has 0 saturated heterocycles. The monoisotopic (exact) mass is 410 g/mol. The van der Waals surface area contributed by atoms with Crippen molar-refractivity contribution in [2.45, 2.75) is 23.3 Å². The van der Waals surface area contributed by atoms with Crippen LogP contribution in [0.2, 0.25) is 0 Å². The number of halogens is 6. The Hall–Kier alpha value is -2.56. The number of alkyl halides is 6. The van der Waals surface area contributed by atoms with Gasteiger partial charge in [0.05, 0.1) is 0 Å². The van der Waals surface area contributed by atoms with Gasteiger partial charge in [0.1, 0.15) is 5.75 Å². The third-order valence-corrected chi connectivity index (χ3v) is 3.72. The number of urea groups is 1. The zero-order chi connectivity index (χ0) is 20.1. The van der Waals surface area contributed by atoms with E-state index < -0.39 is 23.7 Å². The van der Waals surface area contributed by atoms with Gasteiger partial charge in [0.25, 0.3) is 0 Å². The lowest BCUT2D eigenvalue weighted by atomic mass is 10.2. The van der Waals surface area contributed by atoms with Gasteiger partial charge in [-0.3, -0.25) is 0 Å². The van der Waals surface area contributed by atoms with Crippen molar-refractivity contribution in [1.29, 1.82) is 0 Å². The molecule has 0 aromatic heterocycles. The van der Waals surface area contributed by atoms with E-state index in [2.05, 4.69) is 15.4 Å². The van der Waals surface area contributed by atoms with Crippen LogP contribution in [0.4, 0.5) is 36.8 Å². The SMILES string of the molecule is O=C(NCc1ccccc1OC(F)(F)F)Nc1ccc(SC(F)(F)F)cc1. The minimum Gasteiger partial charge on any atom is -0.405 e. The van der Waals surface area contributed by atoms with Gasteiger partial charge in [0.15, 0.2) is 0 Å². The summed E-state index contributed by atoms with van der Waals surface area (Å²) in [6.07, 6.45) is -4.87. The summed E-state index contributed by atoms with van der Waals surface area (Å²) in [6, 6.07) is 9.46. The second-order valence-corrected chi connectivity index (χ2v) is 6.17. The van der Waals surface area contributed by atoms with E-state index in [-0.39, 0.29) is 34.5 Å². The largest absolute Gasteiger partial charge is 0.573 e. The molecule has 0 spiro atoms. The number of ether oxygens (including phenoxy) is 1. The summed E-state index contributed by atoms with van der Waals surface area (Å²) >= 11 is -0.292. The van der Waals surface area contributed by atoms with Crippen LogP contribution in [0.15, 0.2) is 53.4 Å². The van der Waals surface area contributed by atoms with Crippen molar-refractivity contribution >= 4 is 23.5 Å². The number of hydrogen-bond acceptors (Lipinski definition) is 3. The first-order valence-electron chi connectivity index (χ1n) is 7.26. The van der Waals surface area contributed by atoms with Crippen molar-refractivity contribution in [3.63, 3.8) is 0 Å². The zero-order valence-corrected chi connectivity index (χ0v) is 14.1. The molecule has 0 fully saturated rings. The Morgan fingerprint density at radius 3 is 2.19 bits per heavy atom. The smallest absolute Gasteiger partial charge is 0.405 e. The fraction of sp³-hybridized carbons (Fsp3) is 0.188. The van der Waals surface area contributed by atoms with Gasteiger partial charge in [0.2, 0.25) is 0 Å². The van der Waals surface area contributed by atoms with Crippen LogP contribution in [0.25, 0.3) is 0 Å². The molecule has 2 rings (SSSR count). The van der Waals surface area contributed by atoms with Crippen molar-refractivity contribution in [3.05, 3.63) is 54.1 Å². The summed E-state index contributed by atoms with van der Waals surface area (Å²) in [5.41, 5.74) is -4.10. The van der Waals surface area contributed by atoms with Crippen LogP contribution in [0.5, 0.6) is 5.75 Å². The standard InChI is InChI=1S/C16H12F6N2O2S/c17-15(18,19)26-13-4-2-1-3-10(13)9-23-14(25)24-11-5-7-12(8-6-11)27-16(20,21)22/h1-8H,9H2,(H2,23,24,25). The van der Waals surface area contributed by atoms with Gasteiger partial charge in [-0.25, -0.2) is 4.79 Å². The van der Waals surface area contributed by atoms with E-state index >= 15 is 0 Å². The number of para-hydroxylation sites is 1. The quantitative estimate of drug-likeness (QED) is 0.504. The number of carbonyl (C=O) groups is 1. The lowest BCUT2D eigenvalue weighted by Crippen LogP contribution is -2.28. The Morgan fingerprint density at radius 1 is 0.963 bits per heavy atom. The molecule has 2 aromatic carbocycles. The summed E-state index contributed by atoms with van der Waals surface area (Å²) in [6.45, 7) is -0.250. The van der Waals surface area contributed by atoms with Crippen LogP contribution in [0, 0.1) is 0 Å². The predicted molar refractivity (Wildman–Crippen MR) is 87.3 cm³/mol. The maximum Gasteiger partial charge on any atom is 0.573 e. The number of carbonyl (C=O) groups excluding carboxylic acids is 1. The minimum absolute atomic E-state index is 0.0494. The minimum atomic E-state index is -4.87. The Kier molecular flexibility index (Phi) is 6.47. The summed E-state index contributed by atoms with van der Waals surface area (Å²) < 4.78 is 77.7. The van der Waals surface area contributed by atoms with E-state index in [1.54, 1.807) is 0 Å².